The van der Waals surface area contributed by atoms with Crippen LogP contribution >= 0.6 is 11.6 Å². The van der Waals surface area contributed by atoms with E-state index in [-0.39, 0.29) is 0 Å². The van der Waals surface area contributed by atoms with E-state index in [1.807, 2.05) is 16.8 Å². The second-order valence-electron chi connectivity index (χ2n) is 5.30. The Hall–Kier alpha value is -1.13. The van der Waals surface area contributed by atoms with Crippen LogP contribution in [0.4, 0.5) is 0 Å². The smallest absolute Gasteiger partial charge is 0.182 e. The van der Waals surface area contributed by atoms with Crippen LogP contribution in [-0.4, -0.2) is 39.3 Å². The lowest BCUT2D eigenvalue weighted by Crippen LogP contribution is -2.36. The molecule has 1 aliphatic heterocycles. The molecule has 2 aromatic rings. The van der Waals surface area contributed by atoms with Crippen LogP contribution in [-0.2, 0) is 6.54 Å². The van der Waals surface area contributed by atoms with E-state index in [1.54, 1.807) is 0 Å². The Bertz CT molecular complexity index is 566. The molecule has 2 aromatic heterocycles. The zero-order chi connectivity index (χ0) is 13.2. The van der Waals surface area contributed by atoms with E-state index in [1.165, 1.54) is 25.9 Å². The highest BCUT2D eigenvalue weighted by Crippen LogP contribution is 2.19. The van der Waals surface area contributed by atoms with Crippen molar-refractivity contribution in [1.29, 1.82) is 0 Å². The van der Waals surface area contributed by atoms with Gasteiger partial charge in [0.05, 0.1) is 0 Å². The van der Waals surface area contributed by atoms with Gasteiger partial charge in [-0.15, -0.1) is 0 Å². The second kappa shape index (κ2) is 5.47. The number of hydrogen-bond donors (Lipinski definition) is 0. The number of likely N-dealkylation sites (tertiary alicyclic amines) is 1. The SMILES string of the molecule is CCN1CCCC(Cn2cc3ccc(Cl)nc3n2)C1. The van der Waals surface area contributed by atoms with Gasteiger partial charge in [0, 0.05) is 24.7 Å². The molecule has 0 saturated carbocycles. The van der Waals surface area contributed by atoms with Gasteiger partial charge in [-0.05, 0) is 44.0 Å². The summed E-state index contributed by atoms with van der Waals surface area (Å²) in [6.07, 6.45) is 4.66. The Morgan fingerprint density at radius 1 is 1.42 bits per heavy atom. The van der Waals surface area contributed by atoms with Crippen LogP contribution in [0.5, 0.6) is 0 Å². The van der Waals surface area contributed by atoms with Gasteiger partial charge in [-0.25, -0.2) is 4.98 Å². The quantitative estimate of drug-likeness (QED) is 0.810. The molecule has 1 saturated heterocycles. The molecule has 19 heavy (non-hydrogen) atoms. The van der Waals surface area contributed by atoms with Crippen molar-refractivity contribution in [3.8, 4) is 0 Å². The molecule has 102 valence electrons. The van der Waals surface area contributed by atoms with Crippen LogP contribution in [0, 0.1) is 5.92 Å². The third-order valence-electron chi connectivity index (χ3n) is 3.88. The molecule has 0 radical (unpaired) electrons. The zero-order valence-electron chi connectivity index (χ0n) is 11.2. The van der Waals surface area contributed by atoms with Gasteiger partial charge in [0.25, 0.3) is 0 Å². The van der Waals surface area contributed by atoms with Gasteiger partial charge in [0.2, 0.25) is 0 Å². The first-order valence-corrected chi connectivity index (χ1v) is 7.34. The van der Waals surface area contributed by atoms with Crippen LogP contribution in [0.15, 0.2) is 18.3 Å². The van der Waals surface area contributed by atoms with Crippen LogP contribution in [0.2, 0.25) is 5.15 Å². The largest absolute Gasteiger partial charge is 0.303 e. The summed E-state index contributed by atoms with van der Waals surface area (Å²) in [5, 5.41) is 6.09. The molecule has 0 aliphatic carbocycles. The monoisotopic (exact) mass is 278 g/mol. The summed E-state index contributed by atoms with van der Waals surface area (Å²) in [6.45, 7) is 6.78. The van der Waals surface area contributed by atoms with E-state index in [0.29, 0.717) is 11.1 Å². The highest BCUT2D eigenvalue weighted by atomic mass is 35.5. The average Bonchev–Trinajstić information content (AvgIpc) is 2.80. The Morgan fingerprint density at radius 3 is 3.16 bits per heavy atom. The van der Waals surface area contributed by atoms with Gasteiger partial charge >= 0.3 is 0 Å². The maximum atomic E-state index is 5.89. The molecule has 0 N–H and O–H groups in total. The first-order valence-electron chi connectivity index (χ1n) is 6.96. The molecule has 1 atom stereocenters. The van der Waals surface area contributed by atoms with Crippen molar-refractivity contribution < 1.29 is 0 Å². The van der Waals surface area contributed by atoms with Crippen molar-refractivity contribution in [3.63, 3.8) is 0 Å². The molecule has 1 aliphatic rings. The van der Waals surface area contributed by atoms with Crippen molar-refractivity contribution in [1.82, 2.24) is 19.7 Å². The van der Waals surface area contributed by atoms with Gasteiger partial charge in [0.15, 0.2) is 5.65 Å². The molecule has 0 amide bonds. The summed E-state index contributed by atoms with van der Waals surface area (Å²) in [5.74, 6) is 0.693. The zero-order valence-corrected chi connectivity index (χ0v) is 12.0. The van der Waals surface area contributed by atoms with Crippen molar-refractivity contribution in [2.75, 3.05) is 19.6 Å². The third kappa shape index (κ3) is 2.90. The molecule has 5 heteroatoms. The molecule has 1 unspecified atom stereocenters. The highest BCUT2D eigenvalue weighted by molar-refractivity contribution is 6.29. The van der Waals surface area contributed by atoms with Crippen LogP contribution in [0.1, 0.15) is 19.8 Å². The fourth-order valence-electron chi connectivity index (χ4n) is 2.87. The van der Waals surface area contributed by atoms with E-state index in [4.69, 9.17) is 11.6 Å². The van der Waals surface area contributed by atoms with Crippen LogP contribution < -0.4 is 0 Å². The Balaban J connectivity index is 1.74. The molecular weight excluding hydrogens is 260 g/mol. The summed E-state index contributed by atoms with van der Waals surface area (Å²) in [5.41, 5.74) is 0.746. The lowest BCUT2D eigenvalue weighted by atomic mass is 9.98. The lowest BCUT2D eigenvalue weighted by Gasteiger charge is -2.31. The fourth-order valence-corrected chi connectivity index (χ4v) is 3.02. The molecule has 0 aromatic carbocycles. The Labute approximate surface area is 118 Å². The minimum Gasteiger partial charge on any atom is -0.303 e. The van der Waals surface area contributed by atoms with Crippen LogP contribution in [0.3, 0.4) is 0 Å². The van der Waals surface area contributed by atoms with E-state index in [9.17, 15) is 0 Å². The fraction of sp³-hybridized carbons (Fsp3) is 0.571. The highest BCUT2D eigenvalue weighted by Gasteiger charge is 2.19. The van der Waals surface area contributed by atoms with Gasteiger partial charge in [-0.1, -0.05) is 18.5 Å². The predicted molar refractivity (Wildman–Crippen MR) is 77.4 cm³/mol. The van der Waals surface area contributed by atoms with Gasteiger partial charge < -0.3 is 4.90 Å². The normalized spacial score (nSPS) is 21.1. The number of rotatable bonds is 3. The Kier molecular flexibility index (Phi) is 3.71. The molecular formula is C14H19ClN4. The predicted octanol–water partition coefficient (Wildman–Crippen LogP) is 2.82. The first-order chi connectivity index (χ1) is 9.24. The number of nitrogens with zero attached hydrogens (tertiary/aromatic N) is 4. The van der Waals surface area contributed by atoms with E-state index < -0.39 is 0 Å². The number of pyridine rings is 1. The van der Waals surface area contributed by atoms with Crippen molar-refractivity contribution in [3.05, 3.63) is 23.5 Å². The van der Waals surface area contributed by atoms with Crippen molar-refractivity contribution in [2.45, 2.75) is 26.3 Å². The van der Waals surface area contributed by atoms with E-state index in [2.05, 4.69) is 28.1 Å². The number of piperidine rings is 1. The van der Waals surface area contributed by atoms with Crippen LogP contribution in [0.25, 0.3) is 11.0 Å². The summed E-state index contributed by atoms with van der Waals surface area (Å²) < 4.78 is 2.03. The number of halogens is 1. The molecule has 0 bridgehead atoms. The lowest BCUT2D eigenvalue weighted by molar-refractivity contribution is 0.167. The summed E-state index contributed by atoms with van der Waals surface area (Å²) in [6, 6.07) is 3.79. The molecule has 0 spiro atoms. The third-order valence-corrected chi connectivity index (χ3v) is 4.09. The van der Waals surface area contributed by atoms with Gasteiger partial charge in [-0.3, -0.25) is 4.68 Å². The topological polar surface area (TPSA) is 34.0 Å². The minimum absolute atomic E-state index is 0.507. The summed E-state index contributed by atoms with van der Waals surface area (Å²) in [4.78, 5) is 6.76. The Morgan fingerprint density at radius 2 is 2.32 bits per heavy atom. The molecule has 3 rings (SSSR count). The average molecular weight is 279 g/mol. The molecule has 1 fully saturated rings. The van der Waals surface area contributed by atoms with Crippen molar-refractivity contribution in [2.24, 2.45) is 5.92 Å². The number of hydrogen-bond acceptors (Lipinski definition) is 3. The summed E-state index contributed by atoms with van der Waals surface area (Å²) in [7, 11) is 0. The molecule has 3 heterocycles. The maximum Gasteiger partial charge on any atom is 0.182 e. The van der Waals surface area contributed by atoms with Gasteiger partial charge in [-0.2, -0.15) is 5.10 Å². The standard InChI is InChI=1S/C14H19ClN4/c1-2-18-7-3-4-11(8-18)9-19-10-12-5-6-13(15)16-14(12)17-19/h5-6,10-11H,2-4,7-9H2,1H3. The number of fused-ring (bicyclic) bond motifs is 1. The van der Waals surface area contributed by atoms with Crippen molar-refractivity contribution >= 4 is 22.6 Å². The summed E-state index contributed by atoms with van der Waals surface area (Å²) >= 11 is 5.89. The van der Waals surface area contributed by atoms with E-state index in [0.717, 1.165) is 24.1 Å². The first kappa shape index (κ1) is 12.9. The molecule has 4 nitrogen and oxygen atoms in total. The maximum absolute atomic E-state index is 5.89. The van der Waals surface area contributed by atoms with Gasteiger partial charge in [0.1, 0.15) is 5.15 Å². The number of aromatic nitrogens is 3. The van der Waals surface area contributed by atoms with E-state index >= 15 is 0 Å². The second-order valence-corrected chi connectivity index (χ2v) is 5.69. The minimum atomic E-state index is 0.507.